The monoisotopic (exact) mass is 307 g/mol. The third kappa shape index (κ3) is 2.94. The fourth-order valence-corrected chi connectivity index (χ4v) is 2.34. The van der Waals surface area contributed by atoms with Gasteiger partial charge in [-0.3, -0.25) is 14.9 Å². The summed E-state index contributed by atoms with van der Waals surface area (Å²) in [7, 11) is 1.60. The van der Waals surface area contributed by atoms with E-state index in [4.69, 9.17) is 4.74 Å². The predicted octanol–water partition coefficient (Wildman–Crippen LogP) is 3.23. The van der Waals surface area contributed by atoms with E-state index in [1.54, 1.807) is 13.3 Å². The zero-order valence-electron chi connectivity index (χ0n) is 13.0. The molecular weight excluding hydrogens is 290 g/mol. The Morgan fingerprint density at radius 2 is 1.78 bits per heavy atom. The number of hydrogen-bond donors (Lipinski definition) is 1. The molecule has 116 valence electrons. The number of para-hydroxylation sites is 3. The molecule has 2 aromatic carbocycles. The Labute approximate surface area is 133 Å². The molecule has 0 unspecified atom stereocenters. The van der Waals surface area contributed by atoms with E-state index >= 15 is 0 Å². The van der Waals surface area contributed by atoms with Crippen molar-refractivity contribution in [2.24, 2.45) is 4.99 Å². The van der Waals surface area contributed by atoms with Crippen LogP contribution in [0.25, 0.3) is 5.69 Å². The van der Waals surface area contributed by atoms with Crippen molar-refractivity contribution in [1.82, 2.24) is 9.78 Å². The molecule has 0 amide bonds. The molecule has 0 atom stereocenters. The van der Waals surface area contributed by atoms with Gasteiger partial charge in [-0.2, -0.15) is 0 Å². The molecule has 1 heterocycles. The second kappa shape index (κ2) is 6.36. The largest absolute Gasteiger partial charge is 0.494 e. The summed E-state index contributed by atoms with van der Waals surface area (Å²) in [4.78, 5) is 17.0. The van der Waals surface area contributed by atoms with Gasteiger partial charge < -0.3 is 4.74 Å². The second-order valence-electron chi connectivity index (χ2n) is 5.06. The first-order valence-corrected chi connectivity index (χ1v) is 7.25. The van der Waals surface area contributed by atoms with Crippen molar-refractivity contribution in [3.05, 3.63) is 76.2 Å². The van der Waals surface area contributed by atoms with E-state index in [1.807, 2.05) is 61.5 Å². The Bertz CT molecular complexity index is 892. The number of H-pyrrole nitrogens is 1. The number of hydrogen-bond acceptors (Lipinski definition) is 3. The lowest BCUT2D eigenvalue weighted by Gasteiger charge is -2.02. The van der Waals surface area contributed by atoms with Crippen molar-refractivity contribution >= 4 is 11.9 Å². The fraction of sp³-hybridized carbons (Fsp3) is 0.111. The Balaban J connectivity index is 2.00. The van der Waals surface area contributed by atoms with E-state index < -0.39 is 0 Å². The van der Waals surface area contributed by atoms with Gasteiger partial charge in [0.1, 0.15) is 11.4 Å². The minimum atomic E-state index is -0.132. The van der Waals surface area contributed by atoms with Gasteiger partial charge >= 0.3 is 0 Å². The van der Waals surface area contributed by atoms with Crippen molar-refractivity contribution in [2.75, 3.05) is 7.11 Å². The highest BCUT2D eigenvalue weighted by molar-refractivity contribution is 5.83. The van der Waals surface area contributed by atoms with Crippen LogP contribution in [0.4, 0.5) is 5.69 Å². The Morgan fingerprint density at radius 3 is 2.52 bits per heavy atom. The molecule has 0 radical (unpaired) electrons. The van der Waals surface area contributed by atoms with E-state index in [9.17, 15) is 4.79 Å². The summed E-state index contributed by atoms with van der Waals surface area (Å²) in [6.45, 7) is 1.85. The highest BCUT2D eigenvalue weighted by Crippen LogP contribution is 2.26. The number of aromatic amines is 1. The van der Waals surface area contributed by atoms with Crippen LogP contribution in [0.3, 0.4) is 0 Å². The van der Waals surface area contributed by atoms with Crippen LogP contribution < -0.4 is 10.3 Å². The summed E-state index contributed by atoms with van der Waals surface area (Å²) in [5, 5.41) is 3.08. The minimum absolute atomic E-state index is 0.132. The quantitative estimate of drug-likeness (QED) is 0.752. The van der Waals surface area contributed by atoms with Gasteiger partial charge in [-0.25, -0.2) is 4.68 Å². The summed E-state index contributed by atoms with van der Waals surface area (Å²) >= 11 is 0. The molecule has 1 aromatic heterocycles. The zero-order chi connectivity index (χ0) is 16.2. The first kappa shape index (κ1) is 14.8. The normalized spacial score (nSPS) is 11.0. The molecule has 3 rings (SSSR count). The Hall–Kier alpha value is -3.08. The van der Waals surface area contributed by atoms with Crippen LogP contribution in [-0.2, 0) is 0 Å². The minimum Gasteiger partial charge on any atom is -0.494 e. The van der Waals surface area contributed by atoms with E-state index in [0.29, 0.717) is 17.0 Å². The van der Waals surface area contributed by atoms with Gasteiger partial charge in [-0.05, 0) is 31.2 Å². The van der Waals surface area contributed by atoms with Crippen LogP contribution in [-0.4, -0.2) is 23.1 Å². The molecule has 0 spiro atoms. The van der Waals surface area contributed by atoms with Crippen molar-refractivity contribution in [3.8, 4) is 11.4 Å². The van der Waals surface area contributed by atoms with Gasteiger partial charge in [0.2, 0.25) is 0 Å². The summed E-state index contributed by atoms with van der Waals surface area (Å²) < 4.78 is 6.78. The van der Waals surface area contributed by atoms with Crippen molar-refractivity contribution in [3.63, 3.8) is 0 Å². The number of benzene rings is 2. The summed E-state index contributed by atoms with van der Waals surface area (Å²) in [6, 6.07) is 16.9. The lowest BCUT2D eigenvalue weighted by molar-refractivity contribution is 0.416. The van der Waals surface area contributed by atoms with Crippen LogP contribution in [0.15, 0.2) is 64.4 Å². The lowest BCUT2D eigenvalue weighted by Crippen LogP contribution is -2.17. The standard InChI is InChI=1S/C18H17N3O2/c1-13-15(12-19-16-10-6-7-11-17(16)23-2)18(22)21(20-13)14-8-4-3-5-9-14/h3-12,20H,1-2H3. The van der Waals surface area contributed by atoms with Crippen molar-refractivity contribution in [2.45, 2.75) is 6.92 Å². The predicted molar refractivity (Wildman–Crippen MR) is 91.4 cm³/mol. The van der Waals surface area contributed by atoms with Crippen LogP contribution in [0, 0.1) is 6.92 Å². The van der Waals surface area contributed by atoms with Gasteiger partial charge in [-0.1, -0.05) is 30.3 Å². The fourth-order valence-electron chi connectivity index (χ4n) is 2.34. The molecule has 5 nitrogen and oxygen atoms in total. The van der Waals surface area contributed by atoms with E-state index in [0.717, 1.165) is 11.4 Å². The number of ether oxygens (including phenoxy) is 1. The average molecular weight is 307 g/mol. The molecule has 0 saturated carbocycles. The maximum atomic E-state index is 12.6. The van der Waals surface area contributed by atoms with Crippen LogP contribution in [0.5, 0.6) is 5.75 Å². The number of methoxy groups -OCH3 is 1. The van der Waals surface area contributed by atoms with E-state index in [-0.39, 0.29) is 5.56 Å². The maximum absolute atomic E-state index is 12.6. The lowest BCUT2D eigenvalue weighted by atomic mass is 10.2. The van der Waals surface area contributed by atoms with Crippen LogP contribution >= 0.6 is 0 Å². The highest BCUT2D eigenvalue weighted by Gasteiger charge is 2.10. The van der Waals surface area contributed by atoms with E-state index in [2.05, 4.69) is 10.1 Å². The van der Waals surface area contributed by atoms with Gasteiger partial charge in [0, 0.05) is 11.9 Å². The number of aryl methyl sites for hydroxylation is 1. The molecule has 0 bridgehead atoms. The van der Waals surface area contributed by atoms with Crippen molar-refractivity contribution < 1.29 is 4.74 Å². The van der Waals surface area contributed by atoms with E-state index in [1.165, 1.54) is 4.68 Å². The molecule has 0 aliphatic rings. The number of nitrogens with zero attached hydrogens (tertiary/aromatic N) is 2. The smallest absolute Gasteiger partial charge is 0.280 e. The molecule has 0 saturated heterocycles. The third-order valence-corrected chi connectivity index (χ3v) is 3.55. The van der Waals surface area contributed by atoms with Gasteiger partial charge in [0.25, 0.3) is 5.56 Å². The first-order chi connectivity index (χ1) is 11.2. The van der Waals surface area contributed by atoms with Gasteiger partial charge in [0.15, 0.2) is 0 Å². The molecular formula is C18H17N3O2. The molecule has 23 heavy (non-hydrogen) atoms. The molecule has 0 fully saturated rings. The maximum Gasteiger partial charge on any atom is 0.280 e. The zero-order valence-corrected chi connectivity index (χ0v) is 13.0. The molecule has 5 heteroatoms. The summed E-state index contributed by atoms with van der Waals surface area (Å²) in [5.74, 6) is 0.667. The van der Waals surface area contributed by atoms with Gasteiger partial charge in [0.05, 0.1) is 18.4 Å². The molecule has 0 aliphatic heterocycles. The number of aromatic nitrogens is 2. The Morgan fingerprint density at radius 1 is 1.09 bits per heavy atom. The average Bonchev–Trinajstić information content (AvgIpc) is 2.88. The Kier molecular flexibility index (Phi) is 4.10. The molecule has 0 aliphatic carbocycles. The number of aliphatic imine (C=N–C) groups is 1. The van der Waals surface area contributed by atoms with Crippen LogP contribution in [0.1, 0.15) is 11.3 Å². The summed E-state index contributed by atoms with van der Waals surface area (Å²) in [5.41, 5.74) is 2.63. The number of rotatable bonds is 4. The summed E-state index contributed by atoms with van der Waals surface area (Å²) in [6.07, 6.45) is 1.57. The van der Waals surface area contributed by atoms with Gasteiger partial charge in [-0.15, -0.1) is 0 Å². The SMILES string of the molecule is COc1ccccc1N=Cc1c(C)[nH]n(-c2ccccc2)c1=O. The highest BCUT2D eigenvalue weighted by atomic mass is 16.5. The van der Waals surface area contributed by atoms with Crippen LogP contribution in [0.2, 0.25) is 0 Å². The second-order valence-corrected chi connectivity index (χ2v) is 5.06. The first-order valence-electron chi connectivity index (χ1n) is 7.25. The third-order valence-electron chi connectivity index (χ3n) is 3.55. The molecule has 3 aromatic rings. The molecule has 1 N–H and O–H groups in total. The van der Waals surface area contributed by atoms with Crippen molar-refractivity contribution in [1.29, 1.82) is 0 Å². The topological polar surface area (TPSA) is 59.4 Å². The number of nitrogens with one attached hydrogen (secondary N) is 1.